The number of benzene rings is 2. The molecule has 0 aromatic heterocycles. The lowest BCUT2D eigenvalue weighted by Gasteiger charge is -2.28. The molecule has 0 spiro atoms. The number of anilines is 1. The van der Waals surface area contributed by atoms with Crippen molar-refractivity contribution in [3.8, 4) is 5.75 Å². The van der Waals surface area contributed by atoms with Gasteiger partial charge in [-0.1, -0.05) is 17.8 Å². The van der Waals surface area contributed by atoms with E-state index in [0.29, 0.717) is 11.4 Å². The van der Waals surface area contributed by atoms with Crippen LogP contribution in [0.3, 0.4) is 0 Å². The van der Waals surface area contributed by atoms with Crippen molar-refractivity contribution in [3.05, 3.63) is 54.3 Å². The van der Waals surface area contributed by atoms with Crippen molar-refractivity contribution in [3.63, 3.8) is 0 Å². The highest BCUT2D eigenvalue weighted by molar-refractivity contribution is 8.15. The minimum Gasteiger partial charge on any atom is -0.420 e. The maximum absolute atomic E-state index is 13.4. The van der Waals surface area contributed by atoms with Gasteiger partial charge in [-0.2, -0.15) is 0 Å². The number of thioether (sulfide) groups is 1. The van der Waals surface area contributed by atoms with Gasteiger partial charge in [0, 0.05) is 30.8 Å². The molecule has 0 unspecified atom stereocenters. The Morgan fingerprint density at radius 3 is 2.63 bits per heavy atom. The van der Waals surface area contributed by atoms with Gasteiger partial charge >= 0.3 is 5.57 Å². The average Bonchev–Trinajstić information content (AvgIpc) is 2.65. The molecule has 1 aliphatic heterocycles. The molecule has 2 aromatic rings. The first-order valence-electron chi connectivity index (χ1n) is 8.55. The Morgan fingerprint density at radius 1 is 1.30 bits per heavy atom. The van der Waals surface area contributed by atoms with Crippen molar-refractivity contribution >= 4 is 51.7 Å². The summed E-state index contributed by atoms with van der Waals surface area (Å²) >= 11 is 5.76. The predicted octanol–water partition coefficient (Wildman–Crippen LogP) is 4.58. The third kappa shape index (κ3) is 5.90. The monoisotopic (exact) mass is 457 g/mol. The Bertz CT molecular complexity index is 983. The van der Waals surface area contributed by atoms with Gasteiger partial charge in [-0.05, 0) is 42.5 Å². The molecule has 1 N–H and O–H groups in total. The lowest BCUT2D eigenvalue weighted by Crippen LogP contribution is -2.43. The number of nitrogens with one attached hydrogen (secondary N) is 1. The van der Waals surface area contributed by atoms with Crippen molar-refractivity contribution < 1.29 is 27.5 Å². The molecule has 30 heavy (non-hydrogen) atoms. The summed E-state index contributed by atoms with van der Waals surface area (Å²) in [7, 11) is 1.52. The molecule has 0 bridgehead atoms. The molecule has 11 heteroatoms. The number of hydrogen-bond donors (Lipinski definition) is 1. The Balaban J connectivity index is 1.70. The van der Waals surface area contributed by atoms with Gasteiger partial charge in [0.2, 0.25) is 11.8 Å². The summed E-state index contributed by atoms with van der Waals surface area (Å²) in [5.41, 5.74) is -3.21. The molecule has 1 saturated heterocycles. The minimum atomic E-state index is -3.84. The van der Waals surface area contributed by atoms with Crippen LogP contribution < -0.4 is 10.1 Å². The van der Waals surface area contributed by atoms with Gasteiger partial charge in [-0.3, -0.25) is 14.5 Å². The smallest absolute Gasteiger partial charge is 0.420 e. The zero-order chi connectivity index (χ0) is 21.9. The van der Waals surface area contributed by atoms with Crippen LogP contribution in [0, 0.1) is 5.82 Å². The molecular formula is C19H15ClF3N3O3S. The van der Waals surface area contributed by atoms with Crippen LogP contribution in [0.5, 0.6) is 5.75 Å². The van der Waals surface area contributed by atoms with Crippen LogP contribution in [0.25, 0.3) is 0 Å². The van der Waals surface area contributed by atoms with Gasteiger partial charge in [-0.25, -0.2) is 9.38 Å². The van der Waals surface area contributed by atoms with Crippen LogP contribution in [0.2, 0.25) is 0 Å². The first kappa shape index (κ1) is 22.0. The Kier molecular flexibility index (Phi) is 6.57. The third-order valence-corrected chi connectivity index (χ3v) is 5.27. The van der Waals surface area contributed by atoms with Crippen LogP contribution >= 0.6 is 23.4 Å². The predicted molar refractivity (Wildman–Crippen MR) is 109 cm³/mol. The molecule has 1 atom stereocenters. The Labute approximate surface area is 179 Å². The Morgan fingerprint density at radius 2 is 2.00 bits per heavy atom. The SMILES string of the molecule is CN1C(=O)C[C@@H](C(=O)Nc2ccc(OC(F)(F)Cl)cc2)SC1=Nc1cccc(F)c1. The summed E-state index contributed by atoms with van der Waals surface area (Å²) in [6.45, 7) is 0. The van der Waals surface area contributed by atoms with E-state index in [2.05, 4.69) is 15.0 Å². The molecule has 6 nitrogen and oxygen atoms in total. The van der Waals surface area contributed by atoms with Gasteiger partial charge in [0.15, 0.2) is 5.17 Å². The maximum atomic E-state index is 13.4. The van der Waals surface area contributed by atoms with E-state index in [1.807, 2.05) is 0 Å². The molecule has 2 aromatic carbocycles. The molecule has 2 amide bonds. The van der Waals surface area contributed by atoms with E-state index in [0.717, 1.165) is 11.8 Å². The highest BCUT2D eigenvalue weighted by Crippen LogP contribution is 2.30. The number of aliphatic imine (C=N–C) groups is 1. The highest BCUT2D eigenvalue weighted by atomic mass is 35.5. The molecule has 1 heterocycles. The number of nitrogens with zero attached hydrogens (tertiary/aromatic N) is 2. The third-order valence-electron chi connectivity index (χ3n) is 3.95. The van der Waals surface area contributed by atoms with E-state index in [1.54, 1.807) is 6.07 Å². The lowest BCUT2D eigenvalue weighted by atomic mass is 10.2. The molecule has 1 fully saturated rings. The van der Waals surface area contributed by atoms with E-state index < -0.39 is 22.5 Å². The molecular weight excluding hydrogens is 443 g/mol. The number of hydrogen-bond acceptors (Lipinski definition) is 5. The van der Waals surface area contributed by atoms with Gasteiger partial charge < -0.3 is 10.1 Å². The minimum absolute atomic E-state index is 0.0607. The molecule has 1 aliphatic rings. The maximum Gasteiger partial charge on any atom is 0.487 e. The topological polar surface area (TPSA) is 71.0 Å². The van der Waals surface area contributed by atoms with Gasteiger partial charge in [0.1, 0.15) is 16.8 Å². The molecule has 3 rings (SSSR count). The number of ether oxygens (including phenoxy) is 1. The number of rotatable bonds is 5. The van der Waals surface area contributed by atoms with Crippen LogP contribution in [-0.2, 0) is 9.59 Å². The molecule has 158 valence electrons. The average molecular weight is 458 g/mol. The number of amides is 2. The van der Waals surface area contributed by atoms with Crippen LogP contribution in [0.4, 0.5) is 24.5 Å². The van der Waals surface area contributed by atoms with Crippen molar-refractivity contribution in [2.24, 2.45) is 4.99 Å². The fraction of sp³-hybridized carbons (Fsp3) is 0.211. The Hall–Kier alpha value is -2.72. The quantitative estimate of drug-likeness (QED) is 0.667. The van der Waals surface area contributed by atoms with E-state index in [4.69, 9.17) is 11.6 Å². The van der Waals surface area contributed by atoms with Crippen LogP contribution in [0.1, 0.15) is 6.42 Å². The second-order valence-corrected chi connectivity index (χ2v) is 7.81. The lowest BCUT2D eigenvalue weighted by molar-refractivity contribution is -0.128. The van der Waals surface area contributed by atoms with Crippen molar-refractivity contribution in [1.29, 1.82) is 0 Å². The zero-order valence-corrected chi connectivity index (χ0v) is 17.0. The first-order valence-corrected chi connectivity index (χ1v) is 9.80. The van der Waals surface area contributed by atoms with Gasteiger partial charge in [0.05, 0.1) is 5.69 Å². The van der Waals surface area contributed by atoms with Crippen molar-refractivity contribution in [1.82, 2.24) is 4.90 Å². The standard InChI is InChI=1S/C19H15ClF3N3O3S/c1-26-16(27)10-15(30-18(26)25-13-4-2-3-11(21)9-13)17(28)24-12-5-7-14(8-6-12)29-19(20,22)23/h2-9,15H,10H2,1H3,(H,24,28)/t15-/m0/s1. The molecule has 0 saturated carbocycles. The second kappa shape index (κ2) is 8.97. The number of halogens is 4. The number of carbonyl (C=O) groups excluding carboxylic acids is 2. The number of carbonyl (C=O) groups is 2. The zero-order valence-electron chi connectivity index (χ0n) is 15.4. The van der Waals surface area contributed by atoms with Crippen LogP contribution in [-0.4, -0.2) is 39.7 Å². The molecule has 0 aliphatic carbocycles. The second-order valence-electron chi connectivity index (χ2n) is 6.20. The summed E-state index contributed by atoms with van der Waals surface area (Å²) in [5.74, 6) is -1.44. The van der Waals surface area contributed by atoms with E-state index in [-0.39, 0.29) is 23.2 Å². The van der Waals surface area contributed by atoms with E-state index >= 15 is 0 Å². The van der Waals surface area contributed by atoms with Crippen LogP contribution in [0.15, 0.2) is 53.5 Å². The summed E-state index contributed by atoms with van der Waals surface area (Å²) < 4.78 is 42.9. The van der Waals surface area contributed by atoms with Crippen molar-refractivity contribution in [2.75, 3.05) is 12.4 Å². The normalized spacial score (nSPS) is 18.4. The summed E-state index contributed by atoms with van der Waals surface area (Å²) in [4.78, 5) is 30.4. The van der Waals surface area contributed by atoms with E-state index in [9.17, 15) is 22.8 Å². The summed E-state index contributed by atoms with van der Waals surface area (Å²) in [6.07, 6.45) is -0.0607. The van der Waals surface area contributed by atoms with Crippen molar-refractivity contribution in [2.45, 2.75) is 17.2 Å². The first-order chi connectivity index (χ1) is 14.1. The fourth-order valence-electron chi connectivity index (χ4n) is 2.52. The van der Waals surface area contributed by atoms with Gasteiger partial charge in [-0.15, -0.1) is 8.78 Å². The largest absolute Gasteiger partial charge is 0.487 e. The summed E-state index contributed by atoms with van der Waals surface area (Å²) in [6, 6.07) is 10.7. The fourth-order valence-corrected chi connectivity index (χ4v) is 3.67. The highest BCUT2D eigenvalue weighted by Gasteiger charge is 2.34. The van der Waals surface area contributed by atoms with E-state index in [1.165, 1.54) is 54.4 Å². The number of amidine groups is 1. The number of alkyl halides is 3. The molecule has 0 radical (unpaired) electrons. The van der Waals surface area contributed by atoms with Gasteiger partial charge in [0.25, 0.3) is 0 Å². The summed E-state index contributed by atoms with van der Waals surface area (Å²) in [5, 5.41) is 2.09.